The van der Waals surface area contributed by atoms with E-state index in [1.807, 2.05) is 12.1 Å². The standard InChI is InChI=1S/C11H14N4O2/c1-13-15-11(16)5-8(12)7-2-3-9-10(4-7)17-6-14-9/h2-4,6,8,13H,5,12H2,1H3,(H,15,16). The van der Waals surface area contributed by atoms with E-state index in [1.165, 1.54) is 6.39 Å². The molecule has 0 spiro atoms. The van der Waals surface area contributed by atoms with Crippen molar-refractivity contribution in [2.75, 3.05) is 7.05 Å². The number of nitrogens with zero attached hydrogens (tertiary/aromatic N) is 1. The number of carbonyl (C=O) groups excluding carboxylic acids is 1. The first kappa shape index (κ1) is 11.6. The Kier molecular flexibility index (Phi) is 3.36. The number of nitrogens with one attached hydrogen (secondary N) is 2. The van der Waals surface area contributed by atoms with Crippen LogP contribution in [0.3, 0.4) is 0 Å². The topological polar surface area (TPSA) is 93.2 Å². The molecule has 1 unspecified atom stereocenters. The molecule has 6 nitrogen and oxygen atoms in total. The summed E-state index contributed by atoms with van der Waals surface area (Å²) in [6, 6.07) is 5.11. The van der Waals surface area contributed by atoms with E-state index in [0.29, 0.717) is 5.58 Å². The molecule has 0 bridgehead atoms. The summed E-state index contributed by atoms with van der Waals surface area (Å²) in [5, 5.41) is 0. The molecule has 1 amide bonds. The van der Waals surface area contributed by atoms with Gasteiger partial charge in [-0.1, -0.05) is 6.07 Å². The van der Waals surface area contributed by atoms with Crippen molar-refractivity contribution < 1.29 is 9.21 Å². The summed E-state index contributed by atoms with van der Waals surface area (Å²) >= 11 is 0. The van der Waals surface area contributed by atoms with Crippen molar-refractivity contribution in [3.05, 3.63) is 30.2 Å². The van der Waals surface area contributed by atoms with Crippen LogP contribution in [0, 0.1) is 0 Å². The fraction of sp³-hybridized carbons (Fsp3) is 0.273. The van der Waals surface area contributed by atoms with Gasteiger partial charge in [-0.2, -0.15) is 0 Å². The van der Waals surface area contributed by atoms with Gasteiger partial charge in [-0.05, 0) is 17.7 Å². The van der Waals surface area contributed by atoms with Crippen molar-refractivity contribution >= 4 is 17.0 Å². The Bertz CT molecular complexity index is 523. The van der Waals surface area contributed by atoms with E-state index in [0.717, 1.165) is 11.1 Å². The molecule has 0 aliphatic rings. The number of nitrogens with two attached hydrogens (primary N) is 1. The van der Waals surface area contributed by atoms with Crippen LogP contribution in [-0.2, 0) is 4.79 Å². The average molecular weight is 234 g/mol. The minimum atomic E-state index is -0.363. The fourth-order valence-corrected chi connectivity index (χ4v) is 1.61. The van der Waals surface area contributed by atoms with E-state index in [4.69, 9.17) is 10.2 Å². The predicted octanol–water partition coefficient (Wildman–Crippen LogP) is 0.468. The number of oxazole rings is 1. The van der Waals surface area contributed by atoms with Crippen LogP contribution in [0.5, 0.6) is 0 Å². The first-order valence-corrected chi connectivity index (χ1v) is 5.25. The molecule has 0 radical (unpaired) electrons. The molecule has 17 heavy (non-hydrogen) atoms. The van der Waals surface area contributed by atoms with Gasteiger partial charge in [0.2, 0.25) is 5.91 Å². The monoisotopic (exact) mass is 234 g/mol. The maximum atomic E-state index is 11.4. The third-order valence-electron chi connectivity index (χ3n) is 2.45. The maximum absolute atomic E-state index is 11.4. The number of hydrazine groups is 1. The molecule has 0 fully saturated rings. The number of benzene rings is 1. The van der Waals surface area contributed by atoms with Crippen LogP contribution in [-0.4, -0.2) is 17.9 Å². The molecule has 0 aliphatic heterocycles. The zero-order chi connectivity index (χ0) is 12.3. The van der Waals surface area contributed by atoms with Crippen LogP contribution >= 0.6 is 0 Å². The average Bonchev–Trinajstić information content (AvgIpc) is 2.75. The molecule has 1 aromatic heterocycles. The molecule has 1 heterocycles. The van der Waals surface area contributed by atoms with Crippen molar-refractivity contribution in [2.45, 2.75) is 12.5 Å². The highest BCUT2D eigenvalue weighted by Crippen LogP contribution is 2.20. The summed E-state index contributed by atoms with van der Waals surface area (Å²) in [7, 11) is 1.63. The van der Waals surface area contributed by atoms with Gasteiger partial charge in [0.15, 0.2) is 12.0 Å². The van der Waals surface area contributed by atoms with Crippen LogP contribution in [0.2, 0.25) is 0 Å². The molecule has 2 aromatic rings. The Hall–Kier alpha value is -1.92. The van der Waals surface area contributed by atoms with Crippen LogP contribution in [0.4, 0.5) is 0 Å². The largest absolute Gasteiger partial charge is 0.443 e. The minimum absolute atomic E-state index is 0.155. The summed E-state index contributed by atoms with van der Waals surface area (Å²) in [5.74, 6) is -0.155. The van der Waals surface area contributed by atoms with Gasteiger partial charge in [-0.15, -0.1) is 0 Å². The molecule has 6 heteroatoms. The fourth-order valence-electron chi connectivity index (χ4n) is 1.61. The second kappa shape index (κ2) is 4.94. The molecule has 0 aliphatic carbocycles. The molecule has 2 rings (SSSR count). The molecule has 0 saturated heterocycles. The van der Waals surface area contributed by atoms with Gasteiger partial charge in [0, 0.05) is 19.5 Å². The number of hydrogen-bond acceptors (Lipinski definition) is 5. The van der Waals surface area contributed by atoms with Gasteiger partial charge in [0.05, 0.1) is 0 Å². The molecule has 90 valence electrons. The highest BCUT2D eigenvalue weighted by Gasteiger charge is 2.12. The van der Waals surface area contributed by atoms with E-state index in [-0.39, 0.29) is 18.4 Å². The quantitative estimate of drug-likeness (QED) is 0.668. The summed E-state index contributed by atoms with van der Waals surface area (Å²) in [6.07, 6.45) is 1.59. The number of hydrogen-bond donors (Lipinski definition) is 3. The van der Waals surface area contributed by atoms with E-state index in [1.54, 1.807) is 13.1 Å². The van der Waals surface area contributed by atoms with Gasteiger partial charge >= 0.3 is 0 Å². The third-order valence-corrected chi connectivity index (χ3v) is 2.45. The summed E-state index contributed by atoms with van der Waals surface area (Å²) in [6.45, 7) is 0. The predicted molar refractivity (Wildman–Crippen MR) is 62.8 cm³/mol. The zero-order valence-electron chi connectivity index (χ0n) is 9.43. The highest BCUT2D eigenvalue weighted by molar-refractivity contribution is 5.77. The Labute approximate surface area is 98.2 Å². The lowest BCUT2D eigenvalue weighted by Crippen LogP contribution is -2.36. The van der Waals surface area contributed by atoms with Crippen molar-refractivity contribution in [2.24, 2.45) is 5.73 Å². The Morgan fingerprint density at radius 2 is 2.41 bits per heavy atom. The van der Waals surface area contributed by atoms with Crippen molar-refractivity contribution in [1.29, 1.82) is 0 Å². The Balaban J connectivity index is 2.12. The Morgan fingerprint density at radius 3 is 3.18 bits per heavy atom. The second-order valence-electron chi connectivity index (χ2n) is 3.69. The van der Waals surface area contributed by atoms with Crippen molar-refractivity contribution in [1.82, 2.24) is 15.8 Å². The number of aromatic nitrogens is 1. The van der Waals surface area contributed by atoms with Crippen LogP contribution in [0.25, 0.3) is 11.1 Å². The lowest BCUT2D eigenvalue weighted by molar-refractivity contribution is -0.122. The molecular weight excluding hydrogens is 220 g/mol. The highest BCUT2D eigenvalue weighted by atomic mass is 16.3. The maximum Gasteiger partial charge on any atom is 0.235 e. The summed E-state index contributed by atoms with van der Waals surface area (Å²) in [4.78, 5) is 15.4. The number of rotatable bonds is 4. The number of amides is 1. The molecule has 1 aromatic carbocycles. The molecular formula is C11H14N4O2. The van der Waals surface area contributed by atoms with E-state index < -0.39 is 0 Å². The number of fused-ring (bicyclic) bond motifs is 1. The van der Waals surface area contributed by atoms with Crippen LogP contribution in [0.15, 0.2) is 29.0 Å². The number of carbonyl (C=O) groups is 1. The van der Waals surface area contributed by atoms with Crippen molar-refractivity contribution in [3.63, 3.8) is 0 Å². The van der Waals surface area contributed by atoms with Crippen LogP contribution < -0.4 is 16.6 Å². The minimum Gasteiger partial charge on any atom is -0.443 e. The first-order valence-electron chi connectivity index (χ1n) is 5.25. The summed E-state index contributed by atoms with van der Waals surface area (Å²) in [5.41, 5.74) is 13.3. The van der Waals surface area contributed by atoms with E-state index in [9.17, 15) is 4.79 Å². The van der Waals surface area contributed by atoms with Gasteiger partial charge < -0.3 is 10.2 Å². The van der Waals surface area contributed by atoms with E-state index >= 15 is 0 Å². The van der Waals surface area contributed by atoms with Crippen molar-refractivity contribution in [3.8, 4) is 0 Å². The third kappa shape index (κ3) is 2.61. The van der Waals surface area contributed by atoms with E-state index in [2.05, 4.69) is 15.8 Å². The first-order chi connectivity index (χ1) is 8.20. The lowest BCUT2D eigenvalue weighted by Gasteiger charge is -2.11. The van der Waals surface area contributed by atoms with Gasteiger partial charge in [-0.25, -0.2) is 10.4 Å². The van der Waals surface area contributed by atoms with Gasteiger partial charge in [0.25, 0.3) is 0 Å². The summed E-state index contributed by atoms with van der Waals surface area (Å²) < 4.78 is 5.18. The zero-order valence-corrected chi connectivity index (χ0v) is 9.43. The van der Waals surface area contributed by atoms with Crippen LogP contribution in [0.1, 0.15) is 18.0 Å². The molecule has 1 atom stereocenters. The SMILES string of the molecule is CNNC(=O)CC(N)c1ccc2ncoc2c1. The molecule has 4 N–H and O–H groups in total. The Morgan fingerprint density at radius 1 is 1.59 bits per heavy atom. The second-order valence-corrected chi connectivity index (χ2v) is 3.69. The lowest BCUT2D eigenvalue weighted by atomic mass is 10.0. The normalized spacial score (nSPS) is 12.6. The van der Waals surface area contributed by atoms with Gasteiger partial charge in [-0.3, -0.25) is 10.2 Å². The molecule has 0 saturated carbocycles. The smallest absolute Gasteiger partial charge is 0.235 e. The van der Waals surface area contributed by atoms with Gasteiger partial charge in [0.1, 0.15) is 5.52 Å².